The first-order valence-corrected chi connectivity index (χ1v) is 6.81. The molecule has 6 nitrogen and oxygen atoms in total. The van der Waals surface area contributed by atoms with Crippen LogP contribution in [0.15, 0.2) is 48.5 Å². The van der Waals surface area contributed by atoms with Crippen LogP contribution in [0.25, 0.3) is 22.4 Å². The molecule has 6 heteroatoms. The smallest absolute Gasteiger partial charge is 0.222 e. The van der Waals surface area contributed by atoms with Gasteiger partial charge in [-0.25, -0.2) is 4.98 Å². The van der Waals surface area contributed by atoms with E-state index in [2.05, 4.69) is 9.97 Å². The molecule has 5 N–H and O–H groups in total. The van der Waals surface area contributed by atoms with E-state index in [1.807, 2.05) is 42.5 Å². The fourth-order valence-electron chi connectivity index (χ4n) is 2.32. The average molecular weight is 303 g/mol. The van der Waals surface area contributed by atoms with Crippen LogP contribution < -0.4 is 11.5 Å². The van der Waals surface area contributed by atoms with E-state index in [1.165, 1.54) is 0 Å². The molecule has 0 aliphatic heterocycles. The topological polar surface area (TPSA) is 122 Å². The van der Waals surface area contributed by atoms with Gasteiger partial charge in [-0.05, 0) is 29.3 Å². The highest BCUT2D eigenvalue weighted by molar-refractivity contribution is 5.77. The van der Waals surface area contributed by atoms with Crippen LogP contribution in [0.2, 0.25) is 0 Å². The number of phenolic OH excluding ortho intramolecular Hbond substituents is 1. The van der Waals surface area contributed by atoms with Gasteiger partial charge in [0.1, 0.15) is 23.2 Å². The van der Waals surface area contributed by atoms with Gasteiger partial charge in [-0.15, -0.1) is 0 Å². The summed E-state index contributed by atoms with van der Waals surface area (Å²) in [4.78, 5) is 7.96. The molecule has 1 aromatic heterocycles. The highest BCUT2D eigenvalue weighted by Gasteiger charge is 2.13. The first-order chi connectivity index (χ1) is 11.1. The van der Waals surface area contributed by atoms with E-state index in [0.717, 1.165) is 11.1 Å². The molecule has 0 fully saturated rings. The lowest BCUT2D eigenvalue weighted by atomic mass is 10.00. The zero-order valence-electron chi connectivity index (χ0n) is 12.1. The number of aromatic hydroxyl groups is 1. The maximum atomic E-state index is 9.38. The molecule has 112 valence electrons. The van der Waals surface area contributed by atoms with Gasteiger partial charge in [-0.3, -0.25) is 0 Å². The zero-order valence-corrected chi connectivity index (χ0v) is 12.1. The van der Waals surface area contributed by atoms with Crippen LogP contribution in [0.4, 0.5) is 11.8 Å². The Bertz CT molecular complexity index is 913. The summed E-state index contributed by atoms with van der Waals surface area (Å²) in [6, 6.07) is 16.4. The Morgan fingerprint density at radius 2 is 1.61 bits per heavy atom. The number of nitrogens with zero attached hydrogens (tertiary/aromatic N) is 3. The van der Waals surface area contributed by atoms with Gasteiger partial charge in [0.15, 0.2) is 0 Å². The van der Waals surface area contributed by atoms with Crippen LogP contribution in [0.5, 0.6) is 5.75 Å². The molecule has 0 aliphatic carbocycles. The Kier molecular flexibility index (Phi) is 3.53. The van der Waals surface area contributed by atoms with Gasteiger partial charge in [-0.2, -0.15) is 10.2 Å². The largest absolute Gasteiger partial charge is 0.508 e. The maximum Gasteiger partial charge on any atom is 0.222 e. The number of nitriles is 1. The van der Waals surface area contributed by atoms with Crippen molar-refractivity contribution in [3.05, 3.63) is 54.1 Å². The second-order valence-electron chi connectivity index (χ2n) is 4.93. The highest BCUT2D eigenvalue weighted by Crippen LogP contribution is 2.29. The maximum absolute atomic E-state index is 9.38. The van der Waals surface area contributed by atoms with Crippen LogP contribution in [0.3, 0.4) is 0 Å². The molecule has 0 unspecified atom stereocenters. The van der Waals surface area contributed by atoms with E-state index in [4.69, 9.17) is 11.5 Å². The number of nitrogen functional groups attached to an aromatic ring is 2. The number of phenols is 1. The minimum atomic E-state index is 0.0199. The summed E-state index contributed by atoms with van der Waals surface area (Å²) in [5.41, 5.74) is 14.6. The number of hydrogen-bond acceptors (Lipinski definition) is 6. The molecular weight excluding hydrogens is 290 g/mol. The molecule has 0 radical (unpaired) electrons. The number of benzene rings is 2. The highest BCUT2D eigenvalue weighted by atomic mass is 16.3. The molecule has 1 heterocycles. The SMILES string of the molecule is N#Cc1c(N)nc(N)nc1-c1cccc(-c2ccc(O)cc2)c1. The number of anilines is 2. The molecular formula is C17H13N5O. The predicted molar refractivity (Wildman–Crippen MR) is 88.1 cm³/mol. The van der Waals surface area contributed by atoms with Gasteiger partial charge < -0.3 is 16.6 Å². The Labute approximate surface area is 132 Å². The van der Waals surface area contributed by atoms with Crippen LogP contribution in [0.1, 0.15) is 5.56 Å². The van der Waals surface area contributed by atoms with Gasteiger partial charge in [-0.1, -0.05) is 30.3 Å². The number of rotatable bonds is 2. The molecule has 0 saturated carbocycles. The van der Waals surface area contributed by atoms with Gasteiger partial charge in [0, 0.05) is 5.56 Å². The third-order valence-electron chi connectivity index (χ3n) is 3.40. The fourth-order valence-corrected chi connectivity index (χ4v) is 2.32. The fraction of sp³-hybridized carbons (Fsp3) is 0. The van der Waals surface area contributed by atoms with Crippen LogP contribution in [0, 0.1) is 11.3 Å². The molecule has 2 aromatic carbocycles. The molecule has 3 aromatic rings. The van der Waals surface area contributed by atoms with Gasteiger partial charge in [0.2, 0.25) is 5.95 Å². The van der Waals surface area contributed by atoms with Gasteiger partial charge in [0.05, 0.1) is 5.69 Å². The Balaban J connectivity index is 2.14. The van der Waals surface area contributed by atoms with Crippen molar-refractivity contribution < 1.29 is 5.11 Å². The Morgan fingerprint density at radius 1 is 0.913 bits per heavy atom. The molecule has 23 heavy (non-hydrogen) atoms. The Morgan fingerprint density at radius 3 is 2.30 bits per heavy atom. The Hall–Kier alpha value is -3.59. The first kappa shape index (κ1) is 14.4. The van der Waals surface area contributed by atoms with E-state index in [0.29, 0.717) is 11.3 Å². The normalized spacial score (nSPS) is 10.2. The van der Waals surface area contributed by atoms with Crippen molar-refractivity contribution in [2.24, 2.45) is 0 Å². The van der Waals surface area contributed by atoms with E-state index in [-0.39, 0.29) is 23.1 Å². The minimum Gasteiger partial charge on any atom is -0.508 e. The molecule has 0 aliphatic rings. The van der Waals surface area contributed by atoms with Gasteiger partial charge in [0.25, 0.3) is 0 Å². The van der Waals surface area contributed by atoms with E-state index in [1.54, 1.807) is 12.1 Å². The predicted octanol–water partition coefficient (Wildman–Crippen LogP) is 2.55. The molecule has 3 rings (SSSR count). The second-order valence-corrected chi connectivity index (χ2v) is 4.93. The third-order valence-corrected chi connectivity index (χ3v) is 3.40. The van der Waals surface area contributed by atoms with Crippen molar-refractivity contribution in [1.29, 1.82) is 5.26 Å². The quantitative estimate of drug-likeness (QED) is 0.668. The lowest BCUT2D eigenvalue weighted by Gasteiger charge is -2.09. The van der Waals surface area contributed by atoms with Crippen LogP contribution >= 0.6 is 0 Å². The van der Waals surface area contributed by atoms with Crippen molar-refractivity contribution in [2.45, 2.75) is 0 Å². The monoisotopic (exact) mass is 303 g/mol. The van der Waals surface area contributed by atoms with Crippen molar-refractivity contribution >= 4 is 11.8 Å². The summed E-state index contributed by atoms with van der Waals surface area (Å²) in [5, 5.41) is 18.7. The number of aromatic nitrogens is 2. The lowest BCUT2D eigenvalue weighted by molar-refractivity contribution is 0.475. The van der Waals surface area contributed by atoms with Crippen molar-refractivity contribution in [1.82, 2.24) is 9.97 Å². The molecule has 0 bridgehead atoms. The zero-order chi connectivity index (χ0) is 16.4. The second kappa shape index (κ2) is 5.66. The summed E-state index contributed by atoms with van der Waals surface area (Å²) in [6.07, 6.45) is 0. The van der Waals surface area contributed by atoms with Crippen LogP contribution in [-0.4, -0.2) is 15.1 Å². The molecule has 0 atom stereocenters. The summed E-state index contributed by atoms with van der Waals surface area (Å²) < 4.78 is 0. The van der Waals surface area contributed by atoms with Gasteiger partial charge >= 0.3 is 0 Å². The lowest BCUT2D eigenvalue weighted by Crippen LogP contribution is -2.04. The molecule has 0 saturated heterocycles. The van der Waals surface area contributed by atoms with E-state index in [9.17, 15) is 10.4 Å². The molecule has 0 amide bonds. The minimum absolute atomic E-state index is 0.0199. The third kappa shape index (κ3) is 2.76. The van der Waals surface area contributed by atoms with Crippen molar-refractivity contribution in [3.8, 4) is 34.2 Å². The van der Waals surface area contributed by atoms with Crippen molar-refractivity contribution in [3.63, 3.8) is 0 Å². The van der Waals surface area contributed by atoms with Crippen molar-refractivity contribution in [2.75, 3.05) is 11.5 Å². The van der Waals surface area contributed by atoms with E-state index < -0.39 is 0 Å². The standard InChI is InChI=1S/C17H13N5O/c18-9-14-15(21-17(20)22-16(14)19)12-3-1-2-11(8-12)10-4-6-13(23)7-5-10/h1-8,23H,(H4,19,20,21,22). The first-order valence-electron chi connectivity index (χ1n) is 6.81. The summed E-state index contributed by atoms with van der Waals surface area (Å²) >= 11 is 0. The van der Waals surface area contributed by atoms with E-state index >= 15 is 0 Å². The average Bonchev–Trinajstić information content (AvgIpc) is 2.55. The summed E-state index contributed by atoms with van der Waals surface area (Å²) in [5.74, 6) is 0.282. The number of hydrogen-bond donors (Lipinski definition) is 3. The van der Waals surface area contributed by atoms with Crippen LogP contribution in [-0.2, 0) is 0 Å². The summed E-state index contributed by atoms with van der Waals surface area (Å²) in [7, 11) is 0. The number of nitrogens with two attached hydrogens (primary N) is 2. The summed E-state index contributed by atoms with van der Waals surface area (Å²) in [6.45, 7) is 0. The molecule has 0 spiro atoms.